The van der Waals surface area contributed by atoms with Gasteiger partial charge in [0.1, 0.15) is 5.75 Å². The molecule has 5 nitrogen and oxygen atoms in total. The molecule has 2 rings (SSSR count). The summed E-state index contributed by atoms with van der Waals surface area (Å²) in [6.07, 6.45) is -4.73. The molecule has 88 valence electrons. The Bertz CT molecular complexity index is 602. The minimum absolute atomic E-state index is 0.145. The Hall–Kier alpha value is -1.99. The van der Waals surface area contributed by atoms with Gasteiger partial charge in [-0.1, -0.05) is 0 Å². The second-order valence-corrected chi connectivity index (χ2v) is 3.87. The summed E-state index contributed by atoms with van der Waals surface area (Å²) in [5, 5.41) is 3.42. The number of azide groups is 1. The zero-order chi connectivity index (χ0) is 12.5. The van der Waals surface area contributed by atoms with Crippen molar-refractivity contribution < 1.29 is 17.9 Å². The third kappa shape index (κ3) is 2.77. The highest BCUT2D eigenvalue weighted by atomic mass is 32.1. The molecule has 0 saturated heterocycles. The first-order valence-corrected chi connectivity index (χ1v) is 5.01. The van der Waals surface area contributed by atoms with Crippen LogP contribution in [-0.2, 0) is 0 Å². The first-order valence-electron chi connectivity index (χ1n) is 4.19. The predicted octanol–water partition coefficient (Wildman–Crippen LogP) is 4.14. The zero-order valence-corrected chi connectivity index (χ0v) is 8.79. The van der Waals surface area contributed by atoms with Gasteiger partial charge in [-0.15, -0.1) is 24.5 Å². The van der Waals surface area contributed by atoms with E-state index in [4.69, 9.17) is 5.53 Å². The van der Waals surface area contributed by atoms with Crippen LogP contribution in [0.3, 0.4) is 0 Å². The topological polar surface area (TPSA) is 70.9 Å². The molecule has 1 aromatic carbocycles. The predicted molar refractivity (Wildman–Crippen MR) is 55.1 cm³/mol. The lowest BCUT2D eigenvalue weighted by molar-refractivity contribution is -0.274. The van der Waals surface area contributed by atoms with Gasteiger partial charge in [0, 0.05) is 4.91 Å². The average Bonchev–Trinajstić information content (AvgIpc) is 2.57. The van der Waals surface area contributed by atoms with Crippen LogP contribution in [-0.4, -0.2) is 11.3 Å². The smallest absolute Gasteiger partial charge is 0.406 e. The van der Waals surface area contributed by atoms with E-state index in [2.05, 4.69) is 19.7 Å². The van der Waals surface area contributed by atoms with Crippen LogP contribution in [0.2, 0.25) is 0 Å². The first-order chi connectivity index (χ1) is 7.98. The Balaban J connectivity index is 2.40. The van der Waals surface area contributed by atoms with Gasteiger partial charge in [-0.05, 0) is 28.8 Å². The molecule has 0 aliphatic carbocycles. The Morgan fingerprint density at radius 1 is 1.41 bits per heavy atom. The number of alkyl halides is 3. The second-order valence-electron chi connectivity index (χ2n) is 2.86. The molecular weight excluding hydrogens is 257 g/mol. The van der Waals surface area contributed by atoms with Gasteiger partial charge >= 0.3 is 6.36 Å². The van der Waals surface area contributed by atoms with E-state index in [0.29, 0.717) is 10.2 Å². The standard InChI is InChI=1S/C8H3F3N4OS/c9-8(10,11)16-4-1-2-5-6(3-4)17-7(13-5)14-15-12/h1-3H. The van der Waals surface area contributed by atoms with E-state index in [1.165, 1.54) is 12.1 Å². The van der Waals surface area contributed by atoms with E-state index in [-0.39, 0.29) is 10.9 Å². The van der Waals surface area contributed by atoms with Crippen LogP contribution >= 0.6 is 11.3 Å². The molecular formula is C8H3F3N4OS. The largest absolute Gasteiger partial charge is 0.573 e. The van der Waals surface area contributed by atoms with E-state index >= 15 is 0 Å². The fourth-order valence-electron chi connectivity index (χ4n) is 1.17. The number of aromatic nitrogens is 1. The molecule has 0 amide bonds. The molecule has 9 heteroatoms. The number of hydrogen-bond donors (Lipinski definition) is 0. The number of nitrogens with zero attached hydrogens (tertiary/aromatic N) is 4. The van der Waals surface area contributed by atoms with Crippen molar-refractivity contribution in [1.29, 1.82) is 0 Å². The number of ether oxygens (including phenoxy) is 1. The van der Waals surface area contributed by atoms with Gasteiger partial charge < -0.3 is 4.74 Å². The highest BCUT2D eigenvalue weighted by Gasteiger charge is 2.31. The minimum Gasteiger partial charge on any atom is -0.406 e. The van der Waals surface area contributed by atoms with E-state index in [0.717, 1.165) is 17.4 Å². The minimum atomic E-state index is -4.73. The second kappa shape index (κ2) is 4.11. The van der Waals surface area contributed by atoms with Crippen molar-refractivity contribution in [1.82, 2.24) is 4.98 Å². The normalized spacial score (nSPS) is 11.2. The van der Waals surface area contributed by atoms with Crippen molar-refractivity contribution in [3.05, 3.63) is 28.6 Å². The number of fused-ring (bicyclic) bond motifs is 1. The summed E-state index contributed by atoms with van der Waals surface area (Å²) in [7, 11) is 0. The summed E-state index contributed by atoms with van der Waals surface area (Å²) >= 11 is 0.983. The van der Waals surface area contributed by atoms with Crippen molar-refractivity contribution in [2.24, 2.45) is 5.11 Å². The Labute approximate surface area is 96.1 Å². The Kier molecular flexibility index (Phi) is 2.78. The molecule has 1 heterocycles. The molecule has 0 fully saturated rings. The highest BCUT2D eigenvalue weighted by molar-refractivity contribution is 7.21. The zero-order valence-electron chi connectivity index (χ0n) is 7.97. The quantitative estimate of drug-likeness (QED) is 0.462. The fraction of sp³-hybridized carbons (Fsp3) is 0.125. The molecule has 0 N–H and O–H groups in total. The number of thiazole rings is 1. The summed E-state index contributed by atoms with van der Waals surface area (Å²) in [6.45, 7) is 0. The molecule has 0 atom stereocenters. The summed E-state index contributed by atoms with van der Waals surface area (Å²) in [4.78, 5) is 6.45. The van der Waals surface area contributed by atoms with Gasteiger partial charge in [0.15, 0.2) is 5.13 Å². The van der Waals surface area contributed by atoms with Crippen LogP contribution in [0.5, 0.6) is 5.75 Å². The summed E-state index contributed by atoms with van der Waals surface area (Å²) in [5.41, 5.74) is 8.65. The van der Waals surface area contributed by atoms with Crippen LogP contribution in [0.25, 0.3) is 20.7 Å². The van der Waals surface area contributed by atoms with Crippen LogP contribution < -0.4 is 4.74 Å². The molecule has 0 aliphatic heterocycles. The number of hydrogen-bond acceptors (Lipinski definition) is 4. The van der Waals surface area contributed by atoms with Crippen molar-refractivity contribution in [3.8, 4) is 5.75 Å². The Morgan fingerprint density at radius 3 is 2.82 bits per heavy atom. The van der Waals surface area contributed by atoms with Crippen molar-refractivity contribution in [2.45, 2.75) is 6.36 Å². The molecule has 0 unspecified atom stereocenters. The van der Waals surface area contributed by atoms with Gasteiger partial charge in [-0.2, -0.15) is 0 Å². The lowest BCUT2D eigenvalue weighted by Gasteiger charge is -2.07. The SMILES string of the molecule is [N-]=[N+]=Nc1nc2ccc(OC(F)(F)F)cc2s1. The van der Waals surface area contributed by atoms with Gasteiger partial charge in [0.2, 0.25) is 0 Å². The third-order valence-electron chi connectivity index (χ3n) is 1.71. The van der Waals surface area contributed by atoms with Gasteiger partial charge in [-0.3, -0.25) is 0 Å². The first kappa shape index (κ1) is 11.5. The van der Waals surface area contributed by atoms with Crippen molar-refractivity contribution in [3.63, 3.8) is 0 Å². The monoisotopic (exact) mass is 260 g/mol. The fourth-order valence-corrected chi connectivity index (χ4v) is 1.98. The van der Waals surface area contributed by atoms with Gasteiger partial charge in [-0.25, -0.2) is 4.98 Å². The molecule has 0 radical (unpaired) electrons. The van der Waals surface area contributed by atoms with Crippen LogP contribution in [0, 0.1) is 0 Å². The van der Waals surface area contributed by atoms with Crippen molar-refractivity contribution >= 4 is 26.7 Å². The summed E-state index contributed by atoms with van der Waals surface area (Å²) in [6, 6.07) is 3.70. The molecule has 0 aliphatic rings. The number of halogens is 3. The van der Waals surface area contributed by atoms with Crippen molar-refractivity contribution in [2.75, 3.05) is 0 Å². The van der Waals surface area contributed by atoms with E-state index in [1.807, 2.05) is 0 Å². The lowest BCUT2D eigenvalue weighted by atomic mass is 10.3. The Morgan fingerprint density at radius 2 is 2.18 bits per heavy atom. The van der Waals surface area contributed by atoms with Crippen LogP contribution in [0.1, 0.15) is 0 Å². The third-order valence-corrected chi connectivity index (χ3v) is 2.61. The lowest BCUT2D eigenvalue weighted by Crippen LogP contribution is -2.16. The molecule has 0 saturated carbocycles. The number of rotatable bonds is 2. The summed E-state index contributed by atoms with van der Waals surface area (Å²) in [5.74, 6) is -0.332. The van der Waals surface area contributed by atoms with E-state index in [9.17, 15) is 13.2 Å². The maximum atomic E-state index is 12.0. The van der Waals surface area contributed by atoms with Crippen LogP contribution in [0.15, 0.2) is 23.3 Å². The molecule has 17 heavy (non-hydrogen) atoms. The maximum Gasteiger partial charge on any atom is 0.573 e. The van der Waals surface area contributed by atoms with E-state index < -0.39 is 6.36 Å². The van der Waals surface area contributed by atoms with E-state index in [1.54, 1.807) is 0 Å². The molecule has 1 aromatic heterocycles. The molecule has 0 spiro atoms. The van der Waals surface area contributed by atoms with Gasteiger partial charge in [0.25, 0.3) is 0 Å². The summed E-state index contributed by atoms with van der Waals surface area (Å²) < 4.78 is 40.1. The van der Waals surface area contributed by atoms with Crippen LogP contribution in [0.4, 0.5) is 18.3 Å². The highest BCUT2D eigenvalue weighted by Crippen LogP contribution is 2.32. The molecule has 2 aromatic rings. The number of benzene rings is 1. The average molecular weight is 260 g/mol. The molecule has 0 bridgehead atoms. The van der Waals surface area contributed by atoms with Gasteiger partial charge in [0.05, 0.1) is 10.2 Å². The maximum absolute atomic E-state index is 12.0.